The van der Waals surface area contributed by atoms with Gasteiger partial charge in [-0.2, -0.15) is 0 Å². The van der Waals surface area contributed by atoms with Crippen LogP contribution in [-0.4, -0.2) is 30.9 Å². The van der Waals surface area contributed by atoms with Crippen LogP contribution in [0.2, 0.25) is 0 Å². The first-order chi connectivity index (χ1) is 13.0. The van der Waals surface area contributed by atoms with Gasteiger partial charge in [-0.1, -0.05) is 30.3 Å². The quantitative estimate of drug-likeness (QED) is 0.604. The molecular weight excluding hydrogens is 353 g/mol. The molecule has 0 saturated carbocycles. The summed E-state index contributed by atoms with van der Waals surface area (Å²) >= 11 is 0. The lowest BCUT2D eigenvalue weighted by Crippen LogP contribution is -2.44. The van der Waals surface area contributed by atoms with Crippen molar-refractivity contribution in [3.63, 3.8) is 0 Å². The first-order valence-electron chi connectivity index (χ1n) is 8.29. The average molecular weight is 373 g/mol. The van der Waals surface area contributed by atoms with Crippen LogP contribution >= 0.6 is 0 Å². The van der Waals surface area contributed by atoms with Gasteiger partial charge in [-0.3, -0.25) is 25.2 Å². The summed E-state index contributed by atoms with van der Waals surface area (Å²) in [5, 5.41) is 2.63. The Morgan fingerprint density at radius 3 is 2.22 bits per heavy atom. The molecule has 8 heteroatoms. The third kappa shape index (κ3) is 8.00. The highest BCUT2D eigenvalue weighted by atomic mass is 19.1. The predicted molar refractivity (Wildman–Crippen MR) is 96.0 cm³/mol. The number of carbonyl (C=O) groups is 3. The molecule has 0 saturated heterocycles. The van der Waals surface area contributed by atoms with Crippen molar-refractivity contribution in [2.75, 3.05) is 13.2 Å². The summed E-state index contributed by atoms with van der Waals surface area (Å²) in [6.07, 6.45) is 0.250. The molecule has 142 valence electrons. The van der Waals surface area contributed by atoms with Gasteiger partial charge < -0.3 is 10.1 Å². The predicted octanol–water partition coefficient (Wildman–Crippen LogP) is 1.10. The van der Waals surface area contributed by atoms with E-state index < -0.39 is 17.6 Å². The van der Waals surface area contributed by atoms with Gasteiger partial charge in [0.05, 0.1) is 6.42 Å². The van der Waals surface area contributed by atoms with E-state index >= 15 is 0 Å². The molecule has 0 fully saturated rings. The van der Waals surface area contributed by atoms with Crippen LogP contribution in [0.1, 0.15) is 12.0 Å². The Kier molecular flexibility index (Phi) is 7.77. The molecule has 7 nitrogen and oxygen atoms in total. The molecule has 2 aromatic carbocycles. The van der Waals surface area contributed by atoms with Crippen LogP contribution in [0, 0.1) is 5.82 Å². The highest BCUT2D eigenvalue weighted by molar-refractivity contribution is 5.83. The Morgan fingerprint density at radius 2 is 1.52 bits per heavy atom. The number of rotatable bonds is 8. The fraction of sp³-hybridized carbons (Fsp3) is 0.211. The van der Waals surface area contributed by atoms with Crippen LogP contribution in [0.3, 0.4) is 0 Å². The lowest BCUT2D eigenvalue weighted by Gasteiger charge is -2.09. The van der Waals surface area contributed by atoms with E-state index in [0.717, 1.165) is 5.56 Å². The zero-order valence-corrected chi connectivity index (χ0v) is 14.5. The van der Waals surface area contributed by atoms with Crippen LogP contribution in [0.25, 0.3) is 0 Å². The summed E-state index contributed by atoms with van der Waals surface area (Å²) in [5.41, 5.74) is 5.30. The van der Waals surface area contributed by atoms with E-state index in [2.05, 4.69) is 16.2 Å². The standard InChI is InChI=1S/C19H20FN3O4/c20-15-6-8-16(9-7-15)27-13-19(26)23-22-17(24)10-11-21-18(25)12-14-4-2-1-3-5-14/h1-9H,10-13H2,(H,21,25)(H,22,24)(H,23,26). The van der Waals surface area contributed by atoms with Crippen molar-refractivity contribution in [3.05, 3.63) is 66.0 Å². The van der Waals surface area contributed by atoms with E-state index in [1.807, 2.05) is 30.3 Å². The molecule has 0 aliphatic heterocycles. The van der Waals surface area contributed by atoms with Gasteiger partial charge in [-0.05, 0) is 29.8 Å². The van der Waals surface area contributed by atoms with Crippen molar-refractivity contribution in [2.45, 2.75) is 12.8 Å². The highest BCUT2D eigenvalue weighted by Gasteiger charge is 2.07. The zero-order valence-electron chi connectivity index (χ0n) is 14.5. The highest BCUT2D eigenvalue weighted by Crippen LogP contribution is 2.10. The second-order valence-electron chi connectivity index (χ2n) is 5.60. The molecule has 0 bridgehead atoms. The minimum Gasteiger partial charge on any atom is -0.484 e. The van der Waals surface area contributed by atoms with Crippen LogP contribution < -0.4 is 20.9 Å². The number of amides is 3. The fourth-order valence-corrected chi connectivity index (χ4v) is 2.08. The van der Waals surface area contributed by atoms with Crippen molar-refractivity contribution < 1.29 is 23.5 Å². The van der Waals surface area contributed by atoms with Crippen molar-refractivity contribution >= 4 is 17.7 Å². The minimum absolute atomic E-state index is 0.0135. The second-order valence-corrected chi connectivity index (χ2v) is 5.60. The molecule has 0 radical (unpaired) electrons. The SMILES string of the molecule is O=C(Cc1ccccc1)NCCC(=O)NNC(=O)COc1ccc(F)cc1. The smallest absolute Gasteiger partial charge is 0.276 e. The summed E-state index contributed by atoms with van der Waals surface area (Å²) in [6, 6.07) is 14.4. The summed E-state index contributed by atoms with van der Waals surface area (Å²) in [5.74, 6) is -1.29. The van der Waals surface area contributed by atoms with E-state index in [1.54, 1.807) is 0 Å². The van der Waals surface area contributed by atoms with Crippen LogP contribution in [0.15, 0.2) is 54.6 Å². The number of nitrogens with one attached hydrogen (secondary N) is 3. The number of hydrogen-bond acceptors (Lipinski definition) is 4. The molecule has 3 amide bonds. The molecule has 0 spiro atoms. The van der Waals surface area contributed by atoms with E-state index in [1.165, 1.54) is 24.3 Å². The molecule has 2 rings (SSSR count). The van der Waals surface area contributed by atoms with Gasteiger partial charge in [0.1, 0.15) is 11.6 Å². The number of benzene rings is 2. The average Bonchev–Trinajstić information content (AvgIpc) is 2.66. The van der Waals surface area contributed by atoms with E-state index in [-0.39, 0.29) is 31.9 Å². The third-order valence-corrected chi connectivity index (χ3v) is 3.41. The lowest BCUT2D eigenvalue weighted by molar-refractivity contribution is -0.130. The van der Waals surface area contributed by atoms with E-state index in [9.17, 15) is 18.8 Å². The monoisotopic (exact) mass is 373 g/mol. The van der Waals surface area contributed by atoms with Crippen molar-refractivity contribution in [1.82, 2.24) is 16.2 Å². The normalized spacial score (nSPS) is 9.96. The maximum atomic E-state index is 12.7. The van der Waals surface area contributed by atoms with Crippen molar-refractivity contribution in [2.24, 2.45) is 0 Å². The van der Waals surface area contributed by atoms with Gasteiger partial charge in [0.25, 0.3) is 5.91 Å². The number of hydrazine groups is 1. The summed E-state index contributed by atoms with van der Waals surface area (Å²) in [6.45, 7) is -0.181. The Labute approximate surface area is 155 Å². The molecule has 0 unspecified atom stereocenters. The molecule has 0 heterocycles. The van der Waals surface area contributed by atoms with Gasteiger partial charge in [-0.25, -0.2) is 4.39 Å². The van der Waals surface area contributed by atoms with Crippen molar-refractivity contribution in [3.8, 4) is 5.75 Å². The van der Waals surface area contributed by atoms with Crippen LogP contribution in [-0.2, 0) is 20.8 Å². The van der Waals surface area contributed by atoms with Crippen LogP contribution in [0.4, 0.5) is 4.39 Å². The number of carbonyl (C=O) groups excluding carboxylic acids is 3. The Balaban J connectivity index is 1.56. The first kappa shape index (κ1) is 19.9. The Hall–Kier alpha value is -3.42. The maximum Gasteiger partial charge on any atom is 0.276 e. The lowest BCUT2D eigenvalue weighted by atomic mass is 10.1. The van der Waals surface area contributed by atoms with Gasteiger partial charge in [0, 0.05) is 13.0 Å². The number of ether oxygens (including phenoxy) is 1. The number of halogens is 1. The fourth-order valence-electron chi connectivity index (χ4n) is 2.08. The molecule has 0 aliphatic rings. The minimum atomic E-state index is -0.569. The zero-order chi connectivity index (χ0) is 19.5. The molecule has 0 aromatic heterocycles. The van der Waals surface area contributed by atoms with Crippen LogP contribution in [0.5, 0.6) is 5.75 Å². The topological polar surface area (TPSA) is 96.5 Å². The summed E-state index contributed by atoms with van der Waals surface area (Å²) in [7, 11) is 0. The second kappa shape index (κ2) is 10.5. The Bertz CT molecular complexity index is 766. The molecule has 0 aliphatic carbocycles. The molecular formula is C19H20FN3O4. The van der Waals surface area contributed by atoms with E-state index in [0.29, 0.717) is 5.75 Å². The first-order valence-corrected chi connectivity index (χ1v) is 8.29. The van der Waals surface area contributed by atoms with E-state index in [4.69, 9.17) is 4.74 Å². The number of hydrogen-bond donors (Lipinski definition) is 3. The van der Waals surface area contributed by atoms with Crippen molar-refractivity contribution in [1.29, 1.82) is 0 Å². The summed E-state index contributed by atoms with van der Waals surface area (Å²) < 4.78 is 17.9. The molecule has 27 heavy (non-hydrogen) atoms. The maximum absolute atomic E-state index is 12.7. The van der Waals surface area contributed by atoms with Gasteiger partial charge >= 0.3 is 0 Å². The largest absolute Gasteiger partial charge is 0.484 e. The van der Waals surface area contributed by atoms with Gasteiger partial charge in [0.2, 0.25) is 11.8 Å². The third-order valence-electron chi connectivity index (χ3n) is 3.41. The molecule has 0 atom stereocenters. The van der Waals surface area contributed by atoms with Gasteiger partial charge in [0.15, 0.2) is 6.61 Å². The molecule has 3 N–H and O–H groups in total. The summed E-state index contributed by atoms with van der Waals surface area (Å²) in [4.78, 5) is 35.0. The molecule has 2 aromatic rings. The van der Waals surface area contributed by atoms with Gasteiger partial charge in [-0.15, -0.1) is 0 Å². The Morgan fingerprint density at radius 1 is 0.852 bits per heavy atom.